The SMILES string of the molecule is C=CCCCCCCCCC(=O)NC1(C)C=CC=CC1C(=O)O. The van der Waals surface area contributed by atoms with Crippen molar-refractivity contribution in [3.05, 3.63) is 37.0 Å². The third kappa shape index (κ3) is 6.85. The molecule has 0 spiro atoms. The molecule has 2 unspecified atom stereocenters. The Balaban J connectivity index is 2.25. The number of carbonyl (C=O) groups excluding carboxylic acids is 1. The van der Waals surface area contributed by atoms with Crippen LogP contribution in [0, 0.1) is 5.92 Å². The molecule has 0 aliphatic heterocycles. The van der Waals surface area contributed by atoms with Gasteiger partial charge in [0.2, 0.25) is 5.91 Å². The van der Waals surface area contributed by atoms with E-state index in [4.69, 9.17) is 0 Å². The highest BCUT2D eigenvalue weighted by atomic mass is 16.4. The van der Waals surface area contributed by atoms with Gasteiger partial charge in [-0.1, -0.05) is 56.1 Å². The van der Waals surface area contributed by atoms with E-state index in [0.717, 1.165) is 25.7 Å². The Kier molecular flexibility index (Phi) is 8.38. The van der Waals surface area contributed by atoms with Crippen molar-refractivity contribution in [2.45, 2.75) is 63.8 Å². The van der Waals surface area contributed by atoms with Crippen LogP contribution in [-0.2, 0) is 9.59 Å². The predicted octanol–water partition coefficient (Wildman–Crippen LogP) is 3.99. The van der Waals surface area contributed by atoms with Crippen molar-refractivity contribution in [3.63, 3.8) is 0 Å². The number of rotatable bonds is 11. The van der Waals surface area contributed by atoms with Crippen molar-refractivity contribution in [1.29, 1.82) is 0 Å². The second kappa shape index (κ2) is 10.0. The normalized spacial score (nSPS) is 22.7. The third-order valence-corrected chi connectivity index (χ3v) is 4.24. The number of unbranched alkanes of at least 4 members (excludes halogenated alkanes) is 6. The fraction of sp³-hybridized carbons (Fsp3) is 0.579. The second-order valence-electron chi connectivity index (χ2n) is 6.34. The first-order valence-electron chi connectivity index (χ1n) is 8.50. The maximum Gasteiger partial charge on any atom is 0.313 e. The number of hydrogen-bond donors (Lipinski definition) is 2. The van der Waals surface area contributed by atoms with Crippen LogP contribution in [0.5, 0.6) is 0 Å². The van der Waals surface area contributed by atoms with Crippen molar-refractivity contribution < 1.29 is 14.7 Å². The van der Waals surface area contributed by atoms with Crippen LogP contribution in [0.3, 0.4) is 0 Å². The van der Waals surface area contributed by atoms with Gasteiger partial charge in [-0.3, -0.25) is 9.59 Å². The standard InChI is InChI=1S/C19H29NO3/c1-3-4-5-6-7-8-9-10-14-17(21)20-19(2)15-12-11-13-16(19)18(22)23/h3,11-13,15-16H,1,4-10,14H2,2H3,(H,20,21)(H,22,23). The first-order valence-corrected chi connectivity index (χ1v) is 8.50. The first-order chi connectivity index (χ1) is 11.0. The van der Waals surface area contributed by atoms with Gasteiger partial charge in [-0.2, -0.15) is 0 Å². The zero-order valence-corrected chi connectivity index (χ0v) is 14.1. The summed E-state index contributed by atoms with van der Waals surface area (Å²) in [5.74, 6) is -1.72. The summed E-state index contributed by atoms with van der Waals surface area (Å²) in [6.07, 6.45) is 17.0. The van der Waals surface area contributed by atoms with Gasteiger partial charge in [0.15, 0.2) is 0 Å². The molecule has 0 fully saturated rings. The van der Waals surface area contributed by atoms with E-state index < -0.39 is 17.4 Å². The summed E-state index contributed by atoms with van der Waals surface area (Å²) in [5.41, 5.74) is -0.845. The topological polar surface area (TPSA) is 66.4 Å². The molecule has 0 saturated carbocycles. The van der Waals surface area contributed by atoms with E-state index in [1.165, 1.54) is 19.3 Å². The molecule has 0 aromatic carbocycles. The molecular weight excluding hydrogens is 290 g/mol. The number of nitrogens with one attached hydrogen (secondary N) is 1. The minimum absolute atomic E-state index is 0.0784. The highest BCUT2D eigenvalue weighted by molar-refractivity contribution is 5.81. The average molecular weight is 319 g/mol. The molecule has 128 valence electrons. The van der Waals surface area contributed by atoms with Crippen molar-refractivity contribution in [3.8, 4) is 0 Å². The third-order valence-electron chi connectivity index (χ3n) is 4.24. The van der Waals surface area contributed by atoms with Crippen LogP contribution in [0.15, 0.2) is 37.0 Å². The van der Waals surface area contributed by atoms with Gasteiger partial charge in [-0.05, 0) is 26.2 Å². The molecular formula is C19H29NO3. The molecule has 1 amide bonds. The Hall–Kier alpha value is -1.84. The molecule has 0 heterocycles. The van der Waals surface area contributed by atoms with Gasteiger partial charge in [0.05, 0.1) is 5.54 Å². The molecule has 23 heavy (non-hydrogen) atoms. The summed E-state index contributed by atoms with van der Waals surface area (Å²) in [6.45, 7) is 5.46. The summed E-state index contributed by atoms with van der Waals surface area (Å²) in [5, 5.41) is 12.2. The van der Waals surface area contributed by atoms with Crippen LogP contribution in [0.4, 0.5) is 0 Å². The maximum absolute atomic E-state index is 12.1. The molecule has 1 aliphatic carbocycles. The van der Waals surface area contributed by atoms with Crippen LogP contribution in [0.25, 0.3) is 0 Å². The summed E-state index contributed by atoms with van der Waals surface area (Å²) in [6, 6.07) is 0. The molecule has 0 radical (unpaired) electrons. The number of aliphatic carboxylic acids is 1. The minimum Gasteiger partial charge on any atom is -0.481 e. The highest BCUT2D eigenvalue weighted by Gasteiger charge is 2.37. The largest absolute Gasteiger partial charge is 0.481 e. The fourth-order valence-corrected chi connectivity index (χ4v) is 2.84. The van der Waals surface area contributed by atoms with Gasteiger partial charge in [0, 0.05) is 6.42 Å². The van der Waals surface area contributed by atoms with Crippen molar-refractivity contribution in [2.24, 2.45) is 5.92 Å². The molecule has 0 saturated heterocycles. The van der Waals surface area contributed by atoms with E-state index in [1.807, 2.05) is 6.08 Å². The van der Waals surface area contributed by atoms with Gasteiger partial charge in [0.1, 0.15) is 5.92 Å². The number of amides is 1. The summed E-state index contributed by atoms with van der Waals surface area (Å²) < 4.78 is 0. The molecule has 1 rings (SSSR count). The Morgan fingerprint density at radius 3 is 2.48 bits per heavy atom. The van der Waals surface area contributed by atoms with E-state index in [9.17, 15) is 14.7 Å². The lowest BCUT2D eigenvalue weighted by molar-refractivity contribution is -0.142. The highest BCUT2D eigenvalue weighted by Crippen LogP contribution is 2.25. The lowest BCUT2D eigenvalue weighted by Gasteiger charge is -2.33. The number of hydrogen-bond acceptors (Lipinski definition) is 2. The first kappa shape index (κ1) is 19.2. The van der Waals surface area contributed by atoms with Crippen LogP contribution < -0.4 is 5.32 Å². The Morgan fingerprint density at radius 2 is 1.83 bits per heavy atom. The number of carbonyl (C=O) groups is 2. The monoisotopic (exact) mass is 319 g/mol. The number of allylic oxidation sites excluding steroid dienone is 3. The average Bonchev–Trinajstić information content (AvgIpc) is 2.49. The Bertz CT molecular complexity index is 467. The minimum atomic E-state index is -0.923. The lowest BCUT2D eigenvalue weighted by atomic mass is 9.82. The smallest absolute Gasteiger partial charge is 0.313 e. The zero-order chi connectivity index (χ0) is 17.1. The van der Waals surface area contributed by atoms with E-state index in [-0.39, 0.29) is 5.91 Å². The molecule has 2 atom stereocenters. The van der Waals surface area contributed by atoms with E-state index >= 15 is 0 Å². The predicted molar refractivity (Wildman–Crippen MR) is 93.1 cm³/mol. The van der Waals surface area contributed by atoms with E-state index in [0.29, 0.717) is 6.42 Å². The molecule has 1 aliphatic rings. The molecule has 0 aromatic rings. The molecule has 2 N–H and O–H groups in total. The number of carboxylic acids is 1. The van der Waals surface area contributed by atoms with Crippen molar-refractivity contribution in [2.75, 3.05) is 0 Å². The maximum atomic E-state index is 12.1. The summed E-state index contributed by atoms with van der Waals surface area (Å²) >= 11 is 0. The van der Waals surface area contributed by atoms with E-state index in [1.54, 1.807) is 31.2 Å². The Morgan fingerprint density at radius 1 is 1.17 bits per heavy atom. The fourth-order valence-electron chi connectivity index (χ4n) is 2.84. The quantitative estimate of drug-likeness (QED) is 0.447. The molecule has 4 heteroatoms. The van der Waals surface area contributed by atoms with Crippen molar-refractivity contribution in [1.82, 2.24) is 5.32 Å². The van der Waals surface area contributed by atoms with Crippen molar-refractivity contribution >= 4 is 11.9 Å². The van der Waals surface area contributed by atoms with Gasteiger partial charge in [-0.15, -0.1) is 6.58 Å². The summed E-state index contributed by atoms with van der Waals surface area (Å²) in [7, 11) is 0. The molecule has 4 nitrogen and oxygen atoms in total. The molecule has 0 bridgehead atoms. The molecule has 0 aromatic heterocycles. The lowest BCUT2D eigenvalue weighted by Crippen LogP contribution is -2.52. The van der Waals surface area contributed by atoms with E-state index in [2.05, 4.69) is 11.9 Å². The summed E-state index contributed by atoms with van der Waals surface area (Å²) in [4.78, 5) is 23.4. The van der Waals surface area contributed by atoms with Crippen LogP contribution in [-0.4, -0.2) is 22.5 Å². The van der Waals surface area contributed by atoms with Gasteiger partial charge in [-0.25, -0.2) is 0 Å². The van der Waals surface area contributed by atoms with Crippen LogP contribution in [0.2, 0.25) is 0 Å². The zero-order valence-electron chi connectivity index (χ0n) is 14.1. The van der Waals surface area contributed by atoms with Gasteiger partial charge < -0.3 is 10.4 Å². The Labute approximate surface area is 139 Å². The van der Waals surface area contributed by atoms with Crippen LogP contribution in [0.1, 0.15) is 58.3 Å². The van der Waals surface area contributed by atoms with Gasteiger partial charge in [0.25, 0.3) is 0 Å². The number of carboxylic acid groups (broad SMARTS) is 1. The van der Waals surface area contributed by atoms with Crippen LogP contribution >= 0.6 is 0 Å². The second-order valence-corrected chi connectivity index (χ2v) is 6.34. The van der Waals surface area contributed by atoms with Gasteiger partial charge >= 0.3 is 5.97 Å².